The van der Waals surface area contributed by atoms with Crippen molar-refractivity contribution in [1.82, 2.24) is 5.43 Å². The lowest BCUT2D eigenvalue weighted by molar-refractivity contribution is 0.0408. The molecule has 3 N–H and O–H groups in total. The Morgan fingerprint density at radius 3 is 2.78 bits per heavy atom. The Bertz CT molecular complexity index is 379. The van der Waals surface area contributed by atoms with Crippen LogP contribution < -0.4 is 11.3 Å². The van der Waals surface area contributed by atoms with Gasteiger partial charge in [-0.05, 0) is 25.0 Å². The number of hydrogen-bond acceptors (Lipinski definition) is 5. The van der Waals surface area contributed by atoms with Crippen molar-refractivity contribution in [3.8, 4) is 0 Å². The van der Waals surface area contributed by atoms with Gasteiger partial charge in [0.25, 0.3) is 5.91 Å². The van der Waals surface area contributed by atoms with Gasteiger partial charge in [0.15, 0.2) is 0 Å². The topological polar surface area (TPSA) is 73.6 Å². The number of aryl methyl sites for hydroxylation is 1. The third-order valence-corrected chi connectivity index (χ3v) is 3.45. The maximum atomic E-state index is 11.3. The van der Waals surface area contributed by atoms with Crippen LogP contribution in [0.25, 0.3) is 0 Å². The highest BCUT2D eigenvalue weighted by Crippen LogP contribution is 2.22. The predicted molar refractivity (Wildman–Crippen MR) is 71.5 cm³/mol. The molecule has 1 rings (SSSR count). The molecule has 18 heavy (non-hydrogen) atoms. The van der Waals surface area contributed by atoms with Crippen LogP contribution in [0.4, 0.5) is 0 Å². The number of ether oxygens (including phenoxy) is 2. The lowest BCUT2D eigenvalue weighted by Crippen LogP contribution is -2.29. The van der Waals surface area contributed by atoms with Crippen molar-refractivity contribution >= 4 is 17.2 Å². The minimum atomic E-state index is -0.263. The molecule has 0 saturated heterocycles. The van der Waals surface area contributed by atoms with Crippen LogP contribution in [-0.4, -0.2) is 25.7 Å². The Morgan fingerprint density at radius 1 is 1.39 bits per heavy atom. The van der Waals surface area contributed by atoms with E-state index in [0.717, 1.165) is 23.5 Å². The predicted octanol–water partition coefficient (Wildman–Crippen LogP) is 1.60. The summed E-state index contributed by atoms with van der Waals surface area (Å²) in [4.78, 5) is 13.0. The van der Waals surface area contributed by atoms with Gasteiger partial charge in [-0.25, -0.2) is 5.84 Å². The van der Waals surface area contributed by atoms with E-state index in [1.54, 1.807) is 0 Å². The summed E-state index contributed by atoms with van der Waals surface area (Å²) in [7, 11) is 0. The largest absolute Gasteiger partial charge is 0.379 e. The molecular weight excluding hydrogens is 252 g/mol. The van der Waals surface area contributed by atoms with Crippen LogP contribution in [0.1, 0.15) is 33.5 Å². The number of nitrogen functional groups attached to an aromatic ring is 1. The monoisotopic (exact) mass is 272 g/mol. The van der Waals surface area contributed by atoms with Crippen molar-refractivity contribution in [1.29, 1.82) is 0 Å². The number of nitrogens with two attached hydrogens (primary N) is 1. The van der Waals surface area contributed by atoms with Gasteiger partial charge in [-0.2, -0.15) is 0 Å². The van der Waals surface area contributed by atoms with Crippen molar-refractivity contribution in [3.63, 3.8) is 0 Å². The maximum Gasteiger partial charge on any atom is 0.275 e. The standard InChI is InChI=1S/C12H20N2O3S/c1-3-4-16-5-6-17-8-10-7-11(12(15)14-13)18-9(10)2/h7H,3-6,8,13H2,1-2H3,(H,14,15). The Morgan fingerprint density at radius 2 is 2.11 bits per heavy atom. The number of hydrogen-bond donors (Lipinski definition) is 2. The van der Waals surface area contributed by atoms with Crippen LogP contribution in [0.2, 0.25) is 0 Å². The summed E-state index contributed by atoms with van der Waals surface area (Å²) in [6.07, 6.45) is 1.02. The number of amides is 1. The highest BCUT2D eigenvalue weighted by Gasteiger charge is 2.11. The molecule has 1 amide bonds. The zero-order valence-corrected chi connectivity index (χ0v) is 11.6. The lowest BCUT2D eigenvalue weighted by atomic mass is 10.2. The van der Waals surface area contributed by atoms with Crippen LogP contribution in [0, 0.1) is 6.92 Å². The molecule has 1 aromatic rings. The highest BCUT2D eigenvalue weighted by atomic mass is 32.1. The fourth-order valence-electron chi connectivity index (χ4n) is 1.39. The lowest BCUT2D eigenvalue weighted by Gasteiger charge is -2.04. The zero-order chi connectivity index (χ0) is 13.4. The second kappa shape index (κ2) is 8.20. The summed E-state index contributed by atoms with van der Waals surface area (Å²) in [5, 5.41) is 0. The van der Waals surface area contributed by atoms with Crippen LogP contribution in [-0.2, 0) is 16.1 Å². The Hall–Kier alpha value is -0.950. The first-order valence-electron chi connectivity index (χ1n) is 5.94. The van der Waals surface area contributed by atoms with E-state index in [9.17, 15) is 4.79 Å². The molecule has 0 spiro atoms. The molecule has 0 aliphatic rings. The molecule has 0 bridgehead atoms. The third kappa shape index (κ3) is 4.73. The molecule has 0 aliphatic heterocycles. The van der Waals surface area contributed by atoms with Crippen molar-refractivity contribution in [2.75, 3.05) is 19.8 Å². The summed E-state index contributed by atoms with van der Waals surface area (Å²) in [6, 6.07) is 1.81. The van der Waals surface area contributed by atoms with Gasteiger partial charge >= 0.3 is 0 Å². The summed E-state index contributed by atoms with van der Waals surface area (Å²) in [5.41, 5.74) is 3.15. The Balaban J connectivity index is 2.34. The van der Waals surface area contributed by atoms with E-state index in [4.69, 9.17) is 15.3 Å². The molecule has 0 radical (unpaired) electrons. The first kappa shape index (κ1) is 15.1. The van der Waals surface area contributed by atoms with E-state index in [-0.39, 0.29) is 5.91 Å². The van der Waals surface area contributed by atoms with Gasteiger partial charge in [0.2, 0.25) is 0 Å². The van der Waals surface area contributed by atoms with Gasteiger partial charge in [-0.1, -0.05) is 6.92 Å². The van der Waals surface area contributed by atoms with E-state index in [2.05, 4.69) is 12.3 Å². The Kier molecular flexibility index (Phi) is 6.89. The summed E-state index contributed by atoms with van der Waals surface area (Å²) < 4.78 is 10.8. The molecule has 0 aliphatic carbocycles. The van der Waals surface area contributed by atoms with Gasteiger partial charge in [-0.15, -0.1) is 11.3 Å². The molecule has 0 unspecified atom stereocenters. The Labute approximate surface area is 111 Å². The zero-order valence-electron chi connectivity index (χ0n) is 10.8. The van der Waals surface area contributed by atoms with Gasteiger partial charge in [-0.3, -0.25) is 10.2 Å². The highest BCUT2D eigenvalue weighted by molar-refractivity contribution is 7.14. The molecule has 1 heterocycles. The average Bonchev–Trinajstić information content (AvgIpc) is 2.74. The SMILES string of the molecule is CCCOCCOCc1cc(C(=O)NN)sc1C. The van der Waals surface area contributed by atoms with Crippen molar-refractivity contribution in [3.05, 3.63) is 21.4 Å². The first-order chi connectivity index (χ1) is 8.69. The van der Waals surface area contributed by atoms with Gasteiger partial charge in [0, 0.05) is 11.5 Å². The number of carbonyl (C=O) groups is 1. The second-order valence-corrected chi connectivity index (χ2v) is 5.09. The second-order valence-electron chi connectivity index (χ2n) is 3.83. The van der Waals surface area contributed by atoms with E-state index < -0.39 is 0 Å². The van der Waals surface area contributed by atoms with Gasteiger partial charge in [0.1, 0.15) is 0 Å². The third-order valence-electron chi connectivity index (χ3n) is 2.35. The summed E-state index contributed by atoms with van der Waals surface area (Å²) in [6.45, 7) is 6.46. The van der Waals surface area contributed by atoms with E-state index in [1.165, 1.54) is 11.3 Å². The molecule has 5 nitrogen and oxygen atoms in total. The molecule has 0 saturated carbocycles. The van der Waals surface area contributed by atoms with Crippen LogP contribution in [0.5, 0.6) is 0 Å². The minimum absolute atomic E-state index is 0.263. The van der Waals surface area contributed by atoms with E-state index in [0.29, 0.717) is 24.7 Å². The van der Waals surface area contributed by atoms with Crippen LogP contribution in [0.15, 0.2) is 6.07 Å². The molecule has 6 heteroatoms. The average molecular weight is 272 g/mol. The summed E-state index contributed by atoms with van der Waals surface area (Å²) >= 11 is 1.42. The minimum Gasteiger partial charge on any atom is -0.379 e. The van der Waals surface area contributed by atoms with Crippen LogP contribution in [0.3, 0.4) is 0 Å². The van der Waals surface area contributed by atoms with E-state index >= 15 is 0 Å². The number of hydrazine groups is 1. The fraction of sp³-hybridized carbons (Fsp3) is 0.583. The smallest absolute Gasteiger partial charge is 0.275 e. The van der Waals surface area contributed by atoms with Gasteiger partial charge < -0.3 is 9.47 Å². The molecule has 102 valence electrons. The molecular formula is C12H20N2O3S. The number of rotatable bonds is 8. The molecule has 0 fully saturated rings. The molecule has 0 atom stereocenters. The quantitative estimate of drug-likeness (QED) is 0.326. The molecule has 0 aromatic carbocycles. The van der Waals surface area contributed by atoms with Crippen molar-refractivity contribution in [2.24, 2.45) is 5.84 Å². The summed E-state index contributed by atoms with van der Waals surface area (Å²) in [5.74, 6) is 4.83. The fourth-order valence-corrected chi connectivity index (χ4v) is 2.32. The first-order valence-corrected chi connectivity index (χ1v) is 6.76. The maximum absolute atomic E-state index is 11.3. The number of carbonyl (C=O) groups excluding carboxylic acids is 1. The number of nitrogens with one attached hydrogen (secondary N) is 1. The van der Waals surface area contributed by atoms with Gasteiger partial charge in [0.05, 0.1) is 24.7 Å². The van der Waals surface area contributed by atoms with Crippen molar-refractivity contribution in [2.45, 2.75) is 26.9 Å². The van der Waals surface area contributed by atoms with E-state index in [1.807, 2.05) is 13.0 Å². The number of thiophene rings is 1. The molecule has 1 aromatic heterocycles. The normalized spacial score (nSPS) is 10.6. The van der Waals surface area contributed by atoms with Crippen LogP contribution >= 0.6 is 11.3 Å². The van der Waals surface area contributed by atoms with Crippen molar-refractivity contribution < 1.29 is 14.3 Å².